The van der Waals surface area contributed by atoms with Crippen molar-refractivity contribution >= 4 is 11.9 Å². The van der Waals surface area contributed by atoms with Gasteiger partial charge in [0.2, 0.25) is 5.91 Å². The highest BCUT2D eigenvalue weighted by molar-refractivity contribution is 5.85. The summed E-state index contributed by atoms with van der Waals surface area (Å²) in [5.41, 5.74) is 0. The molecule has 3 fully saturated rings. The molecule has 1 amide bonds. The largest absolute Gasteiger partial charge is 0.354 e. The van der Waals surface area contributed by atoms with Crippen LogP contribution in [0.3, 0.4) is 0 Å². The van der Waals surface area contributed by atoms with Gasteiger partial charge < -0.3 is 25.0 Å². The molecule has 3 aliphatic rings. The van der Waals surface area contributed by atoms with Gasteiger partial charge in [-0.25, -0.2) is 4.99 Å². The molecule has 1 spiro atoms. The number of carbonyl (C=O) groups excluding carboxylic acids is 1. The fourth-order valence-electron chi connectivity index (χ4n) is 3.73. The summed E-state index contributed by atoms with van der Waals surface area (Å²) in [6, 6.07) is 0.727. The van der Waals surface area contributed by atoms with E-state index in [2.05, 4.69) is 15.6 Å². The van der Waals surface area contributed by atoms with Crippen molar-refractivity contribution in [2.24, 2.45) is 4.99 Å². The van der Waals surface area contributed by atoms with E-state index < -0.39 is 5.79 Å². The fraction of sp³-hybridized carbons (Fsp3) is 0.882. The van der Waals surface area contributed by atoms with Crippen molar-refractivity contribution in [1.82, 2.24) is 15.5 Å². The summed E-state index contributed by atoms with van der Waals surface area (Å²) in [5.74, 6) is 0.361. The van der Waals surface area contributed by atoms with Gasteiger partial charge in [0, 0.05) is 39.0 Å². The second kappa shape index (κ2) is 7.70. The molecule has 1 atom stereocenters. The lowest BCUT2D eigenvalue weighted by atomic mass is 10.2. The lowest BCUT2D eigenvalue weighted by Gasteiger charge is -2.24. The number of nitrogens with one attached hydrogen (secondary N) is 2. The first-order valence-corrected chi connectivity index (χ1v) is 9.12. The molecular weight excluding hydrogens is 308 g/mol. The maximum Gasteiger partial charge on any atom is 0.243 e. The van der Waals surface area contributed by atoms with Crippen molar-refractivity contribution in [2.75, 3.05) is 33.9 Å². The van der Waals surface area contributed by atoms with Gasteiger partial charge in [0.25, 0.3) is 0 Å². The third kappa shape index (κ3) is 4.39. The number of hydrogen-bond donors (Lipinski definition) is 2. The number of likely N-dealkylation sites (N-methyl/N-ethyl adjacent to an activating group) is 1. The van der Waals surface area contributed by atoms with Crippen molar-refractivity contribution in [2.45, 2.75) is 62.8 Å². The minimum atomic E-state index is -0.393. The number of ether oxygens (including phenoxy) is 2. The maximum absolute atomic E-state index is 11.8. The Morgan fingerprint density at radius 1 is 1.12 bits per heavy atom. The van der Waals surface area contributed by atoms with E-state index in [0.717, 1.165) is 25.2 Å². The Morgan fingerprint density at radius 2 is 1.79 bits per heavy atom. The average Bonchev–Trinajstić information content (AvgIpc) is 3.29. The van der Waals surface area contributed by atoms with Crippen LogP contribution in [0.5, 0.6) is 0 Å². The Balaban J connectivity index is 1.58. The van der Waals surface area contributed by atoms with Crippen LogP contribution in [-0.4, -0.2) is 68.5 Å². The normalized spacial score (nSPS) is 26.9. The molecule has 2 N–H and O–H groups in total. The van der Waals surface area contributed by atoms with Gasteiger partial charge in [-0.15, -0.1) is 0 Å². The molecule has 2 aliphatic carbocycles. The van der Waals surface area contributed by atoms with E-state index in [9.17, 15) is 4.79 Å². The van der Waals surface area contributed by atoms with E-state index in [4.69, 9.17) is 9.47 Å². The molecule has 1 heterocycles. The molecule has 1 unspecified atom stereocenters. The maximum atomic E-state index is 11.8. The van der Waals surface area contributed by atoms with Crippen LogP contribution in [0.4, 0.5) is 0 Å². The summed E-state index contributed by atoms with van der Waals surface area (Å²) in [7, 11) is 3.51. The van der Waals surface area contributed by atoms with Gasteiger partial charge in [0.15, 0.2) is 11.7 Å². The molecule has 24 heavy (non-hydrogen) atoms. The molecule has 0 aromatic carbocycles. The minimum Gasteiger partial charge on any atom is -0.354 e. The summed E-state index contributed by atoms with van der Waals surface area (Å²) >= 11 is 0. The Labute approximate surface area is 144 Å². The van der Waals surface area contributed by atoms with Crippen LogP contribution in [0.25, 0.3) is 0 Å². The predicted octanol–water partition coefficient (Wildman–Crippen LogP) is 0.848. The number of nitrogens with zero attached hydrogens (tertiary/aromatic N) is 2. The lowest BCUT2D eigenvalue weighted by Crippen LogP contribution is -2.47. The molecule has 7 nitrogen and oxygen atoms in total. The first-order chi connectivity index (χ1) is 11.6. The monoisotopic (exact) mass is 338 g/mol. The summed E-state index contributed by atoms with van der Waals surface area (Å²) in [6.07, 6.45) is 7.60. The number of guanidine groups is 1. The van der Waals surface area contributed by atoms with Crippen molar-refractivity contribution < 1.29 is 14.3 Å². The van der Waals surface area contributed by atoms with Crippen LogP contribution in [-0.2, 0) is 14.3 Å². The van der Waals surface area contributed by atoms with Crippen molar-refractivity contribution in [1.29, 1.82) is 0 Å². The molecule has 2 saturated carbocycles. The predicted molar refractivity (Wildman–Crippen MR) is 91.8 cm³/mol. The zero-order valence-corrected chi connectivity index (χ0v) is 14.8. The minimum absolute atomic E-state index is 0.00729. The van der Waals surface area contributed by atoms with E-state index >= 15 is 0 Å². The van der Waals surface area contributed by atoms with E-state index in [0.29, 0.717) is 19.3 Å². The zero-order chi connectivity index (χ0) is 17.0. The summed E-state index contributed by atoms with van der Waals surface area (Å²) in [4.78, 5) is 17.9. The quantitative estimate of drug-likeness (QED) is 0.587. The SMILES string of the molecule is CN(C)C(=O)CN=C(NC1CCCC1)NC1CCC2(C1)OCCO2. The van der Waals surface area contributed by atoms with Crippen LogP contribution in [0.1, 0.15) is 44.9 Å². The summed E-state index contributed by atoms with van der Waals surface area (Å²) in [6.45, 7) is 1.54. The van der Waals surface area contributed by atoms with Crippen molar-refractivity contribution in [3.05, 3.63) is 0 Å². The Bertz CT molecular complexity index is 468. The van der Waals surface area contributed by atoms with Crippen LogP contribution in [0, 0.1) is 0 Å². The molecule has 3 rings (SSSR count). The second-order valence-corrected chi connectivity index (χ2v) is 7.27. The zero-order valence-electron chi connectivity index (χ0n) is 14.8. The third-order valence-electron chi connectivity index (χ3n) is 5.15. The highest BCUT2D eigenvalue weighted by Crippen LogP contribution is 2.37. The van der Waals surface area contributed by atoms with Crippen LogP contribution < -0.4 is 10.6 Å². The topological polar surface area (TPSA) is 75.2 Å². The number of aliphatic imine (C=N–C) groups is 1. The summed E-state index contributed by atoms with van der Waals surface area (Å²) in [5, 5.41) is 7.00. The summed E-state index contributed by atoms with van der Waals surface area (Å²) < 4.78 is 11.6. The Kier molecular flexibility index (Phi) is 5.61. The molecule has 1 aliphatic heterocycles. The highest BCUT2D eigenvalue weighted by atomic mass is 16.7. The number of hydrogen-bond acceptors (Lipinski definition) is 4. The Hall–Kier alpha value is -1.34. The fourth-order valence-corrected chi connectivity index (χ4v) is 3.73. The van der Waals surface area contributed by atoms with Gasteiger partial charge in [-0.2, -0.15) is 0 Å². The molecule has 7 heteroatoms. The second-order valence-electron chi connectivity index (χ2n) is 7.27. The van der Waals surface area contributed by atoms with Crippen molar-refractivity contribution in [3.8, 4) is 0 Å². The molecule has 136 valence electrons. The first-order valence-electron chi connectivity index (χ1n) is 9.12. The molecule has 1 saturated heterocycles. The van der Waals surface area contributed by atoms with Crippen LogP contribution in [0.15, 0.2) is 4.99 Å². The Morgan fingerprint density at radius 3 is 2.46 bits per heavy atom. The first kappa shape index (κ1) is 17.5. The van der Waals surface area contributed by atoms with Crippen molar-refractivity contribution in [3.63, 3.8) is 0 Å². The molecule has 0 radical (unpaired) electrons. The van der Waals surface area contributed by atoms with Crippen LogP contribution >= 0.6 is 0 Å². The molecular formula is C17H30N4O3. The molecule has 0 aromatic heterocycles. The van der Waals surface area contributed by atoms with Gasteiger partial charge in [0.1, 0.15) is 6.54 Å². The lowest BCUT2D eigenvalue weighted by molar-refractivity contribution is -0.151. The van der Waals surface area contributed by atoms with Crippen LogP contribution in [0.2, 0.25) is 0 Å². The van der Waals surface area contributed by atoms with E-state index in [1.165, 1.54) is 25.7 Å². The highest BCUT2D eigenvalue weighted by Gasteiger charge is 2.44. The van der Waals surface area contributed by atoms with Gasteiger partial charge in [-0.05, 0) is 19.3 Å². The van der Waals surface area contributed by atoms with Gasteiger partial charge >= 0.3 is 0 Å². The third-order valence-corrected chi connectivity index (χ3v) is 5.15. The smallest absolute Gasteiger partial charge is 0.243 e. The van der Waals surface area contributed by atoms with Gasteiger partial charge in [-0.3, -0.25) is 4.79 Å². The number of carbonyl (C=O) groups is 1. The van der Waals surface area contributed by atoms with Gasteiger partial charge in [0.05, 0.1) is 13.2 Å². The number of amides is 1. The number of rotatable bonds is 4. The van der Waals surface area contributed by atoms with E-state index in [1.54, 1.807) is 19.0 Å². The van der Waals surface area contributed by atoms with Gasteiger partial charge in [-0.1, -0.05) is 12.8 Å². The van der Waals surface area contributed by atoms with E-state index in [1.807, 2.05) is 0 Å². The molecule has 0 bridgehead atoms. The molecule has 0 aromatic rings. The average molecular weight is 338 g/mol. The van der Waals surface area contributed by atoms with E-state index in [-0.39, 0.29) is 18.5 Å². The standard InChI is InChI=1S/C17H30N4O3/c1-21(2)15(22)12-18-16(19-13-5-3-4-6-13)20-14-7-8-17(11-14)23-9-10-24-17/h13-14H,3-12H2,1-2H3,(H2,18,19,20).